The van der Waals surface area contributed by atoms with Crippen LogP contribution in [0.2, 0.25) is 0 Å². The van der Waals surface area contributed by atoms with Crippen LogP contribution < -0.4 is 0 Å². The van der Waals surface area contributed by atoms with Crippen molar-refractivity contribution in [3.05, 3.63) is 21.7 Å². The summed E-state index contributed by atoms with van der Waals surface area (Å²) in [5.41, 5.74) is 2.62. The number of hydrogen-bond acceptors (Lipinski definition) is 3. The van der Waals surface area contributed by atoms with Crippen LogP contribution in [0.15, 0.2) is 0 Å². The van der Waals surface area contributed by atoms with Gasteiger partial charge in [-0.25, -0.2) is 4.98 Å². The first kappa shape index (κ1) is 13.6. The van der Waals surface area contributed by atoms with E-state index in [2.05, 4.69) is 23.8 Å². The summed E-state index contributed by atoms with van der Waals surface area (Å²) in [6.45, 7) is 4.70. The molecule has 0 saturated heterocycles. The maximum absolute atomic E-state index is 5.46. The molecule has 0 bridgehead atoms. The van der Waals surface area contributed by atoms with Crippen molar-refractivity contribution in [2.45, 2.75) is 57.0 Å². The second kappa shape index (κ2) is 5.57. The monoisotopic (exact) mass is 294 g/mol. The van der Waals surface area contributed by atoms with E-state index in [1.54, 1.807) is 0 Å². The maximum atomic E-state index is 5.46. The van der Waals surface area contributed by atoms with Crippen LogP contribution in [0.3, 0.4) is 0 Å². The number of nitrogens with one attached hydrogen (secondary N) is 1. The molecule has 0 spiro atoms. The van der Waals surface area contributed by atoms with Crippen LogP contribution >= 0.6 is 24.0 Å². The number of rotatable bonds is 2. The van der Waals surface area contributed by atoms with Crippen molar-refractivity contribution in [3.63, 3.8) is 0 Å². The average Bonchev–Trinajstić information content (AvgIpc) is 2.87. The Labute approximate surface area is 124 Å². The lowest BCUT2D eigenvalue weighted by Gasteiger charge is -2.30. The SMILES string of the molecule is CC(C)C1CCC(c2nc(=S)c3c([nH]2)CSC3)CC1. The van der Waals surface area contributed by atoms with Crippen molar-refractivity contribution in [2.75, 3.05) is 0 Å². The zero-order valence-electron chi connectivity index (χ0n) is 11.7. The molecule has 1 aromatic rings. The van der Waals surface area contributed by atoms with Gasteiger partial charge in [0.15, 0.2) is 0 Å². The zero-order chi connectivity index (χ0) is 13.4. The summed E-state index contributed by atoms with van der Waals surface area (Å²) in [6, 6.07) is 0. The lowest BCUT2D eigenvalue weighted by Crippen LogP contribution is -2.19. The molecule has 0 atom stereocenters. The molecule has 3 rings (SSSR count). The van der Waals surface area contributed by atoms with Crippen molar-refractivity contribution >= 4 is 24.0 Å². The van der Waals surface area contributed by atoms with Crippen LogP contribution in [-0.2, 0) is 11.5 Å². The highest BCUT2D eigenvalue weighted by Crippen LogP contribution is 2.38. The van der Waals surface area contributed by atoms with Gasteiger partial charge in [0.05, 0.1) is 0 Å². The van der Waals surface area contributed by atoms with Gasteiger partial charge in [0.25, 0.3) is 0 Å². The molecule has 19 heavy (non-hydrogen) atoms. The topological polar surface area (TPSA) is 28.7 Å². The zero-order valence-corrected chi connectivity index (χ0v) is 13.4. The molecule has 0 radical (unpaired) electrons. The number of nitrogens with zero attached hydrogens (tertiary/aromatic N) is 1. The number of aromatic nitrogens is 2. The van der Waals surface area contributed by atoms with E-state index >= 15 is 0 Å². The second-order valence-corrected chi connectivity index (χ2v) is 7.61. The third-order valence-corrected chi connectivity index (χ3v) is 6.04. The molecule has 0 aromatic carbocycles. The minimum Gasteiger partial charge on any atom is -0.346 e. The van der Waals surface area contributed by atoms with E-state index in [1.807, 2.05) is 11.8 Å². The first-order valence-corrected chi connectivity index (χ1v) is 8.91. The van der Waals surface area contributed by atoms with E-state index in [1.165, 1.54) is 36.9 Å². The van der Waals surface area contributed by atoms with Crippen LogP contribution in [0.4, 0.5) is 0 Å². The molecule has 2 nitrogen and oxygen atoms in total. The summed E-state index contributed by atoms with van der Waals surface area (Å²) >= 11 is 7.39. The van der Waals surface area contributed by atoms with E-state index in [-0.39, 0.29) is 0 Å². The predicted octanol–water partition coefficient (Wildman–Crippen LogP) is 4.82. The van der Waals surface area contributed by atoms with Gasteiger partial charge in [-0.15, -0.1) is 0 Å². The highest BCUT2D eigenvalue weighted by Gasteiger charge is 2.26. The number of fused-ring (bicyclic) bond motifs is 1. The maximum Gasteiger partial charge on any atom is 0.134 e. The summed E-state index contributed by atoms with van der Waals surface area (Å²) in [5.74, 6) is 5.61. The van der Waals surface area contributed by atoms with Gasteiger partial charge in [-0.3, -0.25) is 0 Å². The minimum absolute atomic E-state index is 0.604. The van der Waals surface area contributed by atoms with Gasteiger partial charge in [0.2, 0.25) is 0 Å². The molecule has 1 aliphatic carbocycles. The lowest BCUT2D eigenvalue weighted by molar-refractivity contribution is 0.254. The molecule has 2 heterocycles. The molecule has 4 heteroatoms. The van der Waals surface area contributed by atoms with Gasteiger partial charge in [-0.05, 0) is 37.5 Å². The number of thioether (sulfide) groups is 1. The molecule has 1 saturated carbocycles. The fourth-order valence-corrected chi connectivity index (χ4v) is 4.80. The first-order valence-electron chi connectivity index (χ1n) is 7.35. The van der Waals surface area contributed by atoms with E-state index in [4.69, 9.17) is 12.2 Å². The second-order valence-electron chi connectivity index (χ2n) is 6.23. The number of H-pyrrole nitrogens is 1. The predicted molar refractivity (Wildman–Crippen MR) is 84.0 cm³/mol. The Morgan fingerprint density at radius 2 is 1.95 bits per heavy atom. The Balaban J connectivity index is 1.77. The molecular formula is C15H22N2S2. The van der Waals surface area contributed by atoms with Gasteiger partial charge < -0.3 is 4.98 Å². The van der Waals surface area contributed by atoms with Crippen molar-refractivity contribution in [2.24, 2.45) is 11.8 Å². The van der Waals surface area contributed by atoms with Gasteiger partial charge in [-0.2, -0.15) is 11.8 Å². The average molecular weight is 294 g/mol. The smallest absolute Gasteiger partial charge is 0.134 e. The molecular weight excluding hydrogens is 272 g/mol. The van der Waals surface area contributed by atoms with Crippen molar-refractivity contribution in [3.8, 4) is 0 Å². The molecule has 0 amide bonds. The molecule has 1 aliphatic heterocycles. The fraction of sp³-hybridized carbons (Fsp3) is 0.733. The standard InChI is InChI=1S/C15H22N2S2/c1-9(2)10-3-5-11(6-4-10)14-16-13-8-19-7-12(13)15(18)17-14/h9-11H,3-8H2,1-2H3,(H,16,17,18). The molecule has 1 aromatic heterocycles. The van der Waals surface area contributed by atoms with Crippen LogP contribution in [0.25, 0.3) is 0 Å². The summed E-state index contributed by atoms with van der Waals surface area (Å²) in [6.07, 6.45) is 5.23. The Morgan fingerprint density at radius 3 is 2.63 bits per heavy atom. The number of aromatic amines is 1. The van der Waals surface area contributed by atoms with Crippen molar-refractivity contribution in [1.29, 1.82) is 0 Å². The molecule has 0 unspecified atom stereocenters. The van der Waals surface area contributed by atoms with E-state index in [9.17, 15) is 0 Å². The molecule has 104 valence electrons. The number of hydrogen-bond donors (Lipinski definition) is 1. The third kappa shape index (κ3) is 2.75. The summed E-state index contributed by atoms with van der Waals surface area (Å²) < 4.78 is 0.847. The summed E-state index contributed by atoms with van der Waals surface area (Å²) in [4.78, 5) is 8.27. The summed E-state index contributed by atoms with van der Waals surface area (Å²) in [7, 11) is 0. The van der Waals surface area contributed by atoms with E-state index < -0.39 is 0 Å². The fourth-order valence-electron chi connectivity index (χ4n) is 3.34. The van der Waals surface area contributed by atoms with Gasteiger partial charge in [0, 0.05) is 28.7 Å². The Hall–Kier alpha value is -0.350. The lowest BCUT2D eigenvalue weighted by atomic mass is 9.76. The molecule has 2 aliphatic rings. The Bertz CT molecular complexity index is 513. The van der Waals surface area contributed by atoms with Gasteiger partial charge >= 0.3 is 0 Å². The van der Waals surface area contributed by atoms with Crippen LogP contribution in [0, 0.1) is 16.5 Å². The highest BCUT2D eigenvalue weighted by molar-refractivity contribution is 7.98. The molecule has 1 N–H and O–H groups in total. The third-order valence-electron chi connectivity index (χ3n) is 4.72. The van der Waals surface area contributed by atoms with Gasteiger partial charge in [0.1, 0.15) is 10.5 Å². The van der Waals surface area contributed by atoms with Crippen LogP contribution in [0.1, 0.15) is 62.5 Å². The summed E-state index contributed by atoms with van der Waals surface area (Å²) in [5, 5.41) is 0. The Morgan fingerprint density at radius 1 is 1.21 bits per heavy atom. The Kier molecular flexibility index (Phi) is 3.99. The minimum atomic E-state index is 0.604. The first-order chi connectivity index (χ1) is 9.15. The quantitative estimate of drug-likeness (QED) is 0.793. The largest absolute Gasteiger partial charge is 0.346 e. The van der Waals surface area contributed by atoms with Crippen molar-refractivity contribution in [1.82, 2.24) is 9.97 Å². The van der Waals surface area contributed by atoms with Gasteiger partial charge in [-0.1, -0.05) is 26.1 Å². The van der Waals surface area contributed by atoms with Crippen LogP contribution in [-0.4, -0.2) is 9.97 Å². The van der Waals surface area contributed by atoms with Crippen LogP contribution in [0.5, 0.6) is 0 Å². The van der Waals surface area contributed by atoms with E-state index in [0.717, 1.165) is 33.8 Å². The normalized spacial score (nSPS) is 26.7. The van der Waals surface area contributed by atoms with Crippen molar-refractivity contribution < 1.29 is 0 Å². The highest BCUT2D eigenvalue weighted by atomic mass is 32.2. The molecule has 1 fully saturated rings. The van der Waals surface area contributed by atoms with E-state index in [0.29, 0.717) is 5.92 Å².